The van der Waals surface area contributed by atoms with E-state index in [-0.39, 0.29) is 18.6 Å². The number of hydrogen-bond donors (Lipinski definition) is 2. The number of halogens is 2. The first-order valence-electron chi connectivity index (χ1n) is 11.5. The average Bonchev–Trinajstić information content (AvgIpc) is 2.76. The molecule has 0 saturated carbocycles. The van der Waals surface area contributed by atoms with Crippen molar-refractivity contribution < 1.29 is 13.5 Å². The summed E-state index contributed by atoms with van der Waals surface area (Å²) in [5.74, 6) is 1.37. The van der Waals surface area contributed by atoms with Crippen molar-refractivity contribution in [3.05, 3.63) is 30.2 Å². The third kappa shape index (κ3) is 5.27. The van der Waals surface area contributed by atoms with Gasteiger partial charge < -0.3 is 21.1 Å². The predicted molar refractivity (Wildman–Crippen MR) is 122 cm³/mol. The molecule has 4 N–H and O–H groups in total. The van der Waals surface area contributed by atoms with Crippen LogP contribution in [0.15, 0.2) is 29.5 Å². The van der Waals surface area contributed by atoms with Gasteiger partial charge in [-0.3, -0.25) is 9.88 Å². The molecule has 0 radical (unpaired) electrons. The van der Waals surface area contributed by atoms with Crippen LogP contribution in [0.4, 0.5) is 8.78 Å². The summed E-state index contributed by atoms with van der Waals surface area (Å²) in [7, 11) is 2.13. The highest BCUT2D eigenvalue weighted by molar-refractivity contribution is 5.90. The van der Waals surface area contributed by atoms with Crippen molar-refractivity contribution in [3.63, 3.8) is 0 Å². The third-order valence-electron chi connectivity index (χ3n) is 7.03. The molecule has 3 aliphatic heterocycles. The molecule has 1 unspecified atom stereocenters. The van der Waals surface area contributed by atoms with Gasteiger partial charge in [0.2, 0.25) is 0 Å². The minimum absolute atomic E-state index is 0.119. The molecule has 1 atom stereocenters. The zero-order chi connectivity index (χ0) is 22.7. The van der Waals surface area contributed by atoms with Crippen LogP contribution in [0.1, 0.15) is 37.8 Å². The van der Waals surface area contributed by atoms with Crippen LogP contribution < -0.4 is 16.2 Å². The molecule has 3 aliphatic rings. The van der Waals surface area contributed by atoms with E-state index in [0.29, 0.717) is 25.3 Å². The number of amidine groups is 1. The van der Waals surface area contributed by atoms with Crippen molar-refractivity contribution in [2.75, 3.05) is 39.8 Å². The molecular formula is C23H34F2N6O. The zero-order valence-corrected chi connectivity index (χ0v) is 18.7. The van der Waals surface area contributed by atoms with Gasteiger partial charge >= 0.3 is 0 Å². The summed E-state index contributed by atoms with van der Waals surface area (Å²) in [6, 6.07) is 3.87. The van der Waals surface area contributed by atoms with Gasteiger partial charge in [0.1, 0.15) is 17.7 Å². The summed E-state index contributed by atoms with van der Waals surface area (Å²) in [5.41, 5.74) is 13.9. The van der Waals surface area contributed by atoms with Crippen molar-refractivity contribution in [2.24, 2.45) is 22.4 Å². The summed E-state index contributed by atoms with van der Waals surface area (Å²) in [6.07, 6.45) is 5.31. The molecule has 0 bridgehead atoms. The van der Waals surface area contributed by atoms with E-state index < -0.39 is 12.0 Å². The summed E-state index contributed by atoms with van der Waals surface area (Å²) >= 11 is 0. The second-order valence-corrected chi connectivity index (χ2v) is 9.35. The lowest BCUT2D eigenvalue weighted by Crippen LogP contribution is -2.55. The van der Waals surface area contributed by atoms with Crippen LogP contribution in [-0.4, -0.2) is 78.5 Å². The number of aliphatic imine (C=N–C) groups is 1. The molecular weight excluding hydrogens is 414 g/mol. The molecule has 0 spiro atoms. The lowest BCUT2D eigenvalue weighted by Gasteiger charge is -2.44. The van der Waals surface area contributed by atoms with Crippen LogP contribution in [0.25, 0.3) is 5.57 Å². The number of likely N-dealkylation sites (tertiary alicyclic amines) is 2. The Kier molecular flexibility index (Phi) is 7.07. The molecule has 0 amide bonds. The standard InChI is InChI=1S/C23H34F2N6O/c1-30-8-6-17(7-9-30)32-18-2-3-20(28-13-18)19-14-29-22(26)12-23(19,27)16-4-10-31(11-5-16)15-21(24)25/h2-3,13-14,16-17,21H,4-12,15,27H2,1H3,(H2,26,29). The summed E-state index contributed by atoms with van der Waals surface area (Å²) in [6.45, 7) is 3.10. The molecule has 0 aromatic carbocycles. The second kappa shape index (κ2) is 9.80. The van der Waals surface area contributed by atoms with Crippen molar-refractivity contribution in [1.82, 2.24) is 14.8 Å². The van der Waals surface area contributed by atoms with Crippen LogP contribution in [0.2, 0.25) is 0 Å². The molecule has 2 fully saturated rings. The van der Waals surface area contributed by atoms with Gasteiger partial charge in [0, 0.05) is 31.3 Å². The summed E-state index contributed by atoms with van der Waals surface area (Å²) in [4.78, 5) is 13.1. The van der Waals surface area contributed by atoms with E-state index in [9.17, 15) is 8.78 Å². The molecule has 0 aliphatic carbocycles. The highest BCUT2D eigenvalue weighted by Crippen LogP contribution is 2.41. The maximum Gasteiger partial charge on any atom is 0.251 e. The van der Waals surface area contributed by atoms with Crippen LogP contribution >= 0.6 is 0 Å². The maximum atomic E-state index is 12.8. The van der Waals surface area contributed by atoms with Crippen molar-refractivity contribution in [2.45, 2.75) is 50.2 Å². The Morgan fingerprint density at radius 3 is 2.50 bits per heavy atom. The Hall–Kier alpha value is -2.10. The van der Waals surface area contributed by atoms with E-state index in [0.717, 1.165) is 55.8 Å². The number of aromatic nitrogens is 1. The molecule has 4 heterocycles. The molecule has 176 valence electrons. The number of hydrogen-bond acceptors (Lipinski definition) is 7. The van der Waals surface area contributed by atoms with E-state index in [4.69, 9.17) is 16.2 Å². The van der Waals surface area contributed by atoms with Gasteiger partial charge in [-0.2, -0.15) is 0 Å². The molecule has 9 heteroatoms. The minimum atomic E-state index is -2.31. The molecule has 4 rings (SSSR count). The number of piperidine rings is 2. The number of nitrogens with two attached hydrogens (primary N) is 2. The van der Waals surface area contributed by atoms with Gasteiger partial charge in [0.15, 0.2) is 0 Å². The third-order valence-corrected chi connectivity index (χ3v) is 7.03. The molecule has 32 heavy (non-hydrogen) atoms. The number of nitrogens with zero attached hydrogens (tertiary/aromatic N) is 4. The number of ether oxygens (including phenoxy) is 1. The Balaban J connectivity index is 1.46. The Morgan fingerprint density at radius 2 is 1.88 bits per heavy atom. The van der Waals surface area contributed by atoms with Gasteiger partial charge in [-0.25, -0.2) is 13.8 Å². The van der Waals surface area contributed by atoms with Crippen molar-refractivity contribution in [1.29, 1.82) is 0 Å². The van der Waals surface area contributed by atoms with E-state index in [1.807, 2.05) is 17.0 Å². The highest BCUT2D eigenvalue weighted by Gasteiger charge is 2.43. The van der Waals surface area contributed by atoms with Crippen LogP contribution in [-0.2, 0) is 0 Å². The smallest absolute Gasteiger partial charge is 0.251 e. The van der Waals surface area contributed by atoms with Crippen LogP contribution in [0.5, 0.6) is 5.75 Å². The van der Waals surface area contributed by atoms with Gasteiger partial charge in [0.05, 0.1) is 24.0 Å². The first-order valence-corrected chi connectivity index (χ1v) is 11.5. The quantitative estimate of drug-likeness (QED) is 0.694. The van der Waals surface area contributed by atoms with E-state index in [1.54, 1.807) is 12.4 Å². The first kappa shape index (κ1) is 23.1. The maximum absolute atomic E-state index is 12.8. The van der Waals surface area contributed by atoms with Gasteiger partial charge in [-0.05, 0) is 63.9 Å². The van der Waals surface area contributed by atoms with E-state index in [1.165, 1.54) is 0 Å². The molecule has 7 nitrogen and oxygen atoms in total. The lowest BCUT2D eigenvalue weighted by atomic mass is 9.70. The molecule has 1 aromatic heterocycles. The molecule has 1 aromatic rings. The van der Waals surface area contributed by atoms with Crippen LogP contribution in [0.3, 0.4) is 0 Å². The summed E-state index contributed by atoms with van der Waals surface area (Å²) < 4.78 is 31.6. The number of rotatable bonds is 6. The topological polar surface area (TPSA) is 93.0 Å². The van der Waals surface area contributed by atoms with E-state index >= 15 is 0 Å². The average molecular weight is 449 g/mol. The number of alkyl halides is 2. The Labute approximate surface area is 188 Å². The summed E-state index contributed by atoms with van der Waals surface area (Å²) in [5, 5.41) is 0. The Morgan fingerprint density at radius 1 is 1.16 bits per heavy atom. The predicted octanol–water partition coefficient (Wildman–Crippen LogP) is 2.33. The normalized spacial score (nSPS) is 26.8. The fraction of sp³-hybridized carbons (Fsp3) is 0.652. The minimum Gasteiger partial charge on any atom is -0.489 e. The fourth-order valence-corrected chi connectivity index (χ4v) is 5.11. The lowest BCUT2D eigenvalue weighted by molar-refractivity contribution is 0.0623. The first-order chi connectivity index (χ1) is 15.3. The fourth-order valence-electron chi connectivity index (χ4n) is 5.11. The molecule has 2 saturated heterocycles. The van der Waals surface area contributed by atoms with Gasteiger partial charge in [-0.1, -0.05) is 0 Å². The number of pyridine rings is 1. The zero-order valence-electron chi connectivity index (χ0n) is 18.7. The van der Waals surface area contributed by atoms with Gasteiger partial charge in [-0.15, -0.1) is 0 Å². The van der Waals surface area contributed by atoms with Crippen LogP contribution in [0, 0.1) is 5.92 Å². The van der Waals surface area contributed by atoms with Crippen molar-refractivity contribution >= 4 is 11.4 Å². The SMILES string of the molecule is CN1CCC(Oc2ccc(C3=CN=C(N)CC3(N)C3CCN(CC(F)F)CC3)nc2)CC1. The van der Waals surface area contributed by atoms with Gasteiger partial charge in [0.25, 0.3) is 6.43 Å². The highest BCUT2D eigenvalue weighted by atomic mass is 19.3. The Bertz CT molecular complexity index is 829. The monoisotopic (exact) mass is 448 g/mol. The van der Waals surface area contributed by atoms with Crippen molar-refractivity contribution in [3.8, 4) is 5.75 Å². The van der Waals surface area contributed by atoms with E-state index in [2.05, 4.69) is 21.9 Å². The largest absolute Gasteiger partial charge is 0.489 e. The second-order valence-electron chi connectivity index (χ2n) is 9.35.